The van der Waals surface area contributed by atoms with E-state index in [9.17, 15) is 5.11 Å². The van der Waals surface area contributed by atoms with Crippen molar-refractivity contribution in [1.82, 2.24) is 0 Å². The zero-order valence-corrected chi connectivity index (χ0v) is 19.3. The minimum atomic E-state index is -1.28. The highest BCUT2D eigenvalue weighted by atomic mass is 16.7. The summed E-state index contributed by atoms with van der Waals surface area (Å²) in [5.74, 6) is 0. The molecule has 0 aliphatic carbocycles. The number of hydrogen-bond donors (Lipinski definition) is 1. The van der Waals surface area contributed by atoms with Gasteiger partial charge < -0.3 is 24.1 Å². The molecule has 0 bridgehead atoms. The van der Waals surface area contributed by atoms with Gasteiger partial charge in [0.05, 0.1) is 32.5 Å². The first-order valence-electron chi connectivity index (χ1n) is 11.6. The van der Waals surface area contributed by atoms with E-state index >= 15 is 0 Å². The van der Waals surface area contributed by atoms with E-state index in [-0.39, 0.29) is 13.2 Å². The second-order valence-electron chi connectivity index (χ2n) is 8.26. The molecule has 0 radical (unpaired) electrons. The quantitative estimate of drug-likeness (QED) is 0.244. The van der Waals surface area contributed by atoms with Gasteiger partial charge in [0.2, 0.25) is 0 Å². The van der Waals surface area contributed by atoms with E-state index < -0.39 is 30.7 Å². The summed E-state index contributed by atoms with van der Waals surface area (Å²) in [5, 5.41) is 14.5. The van der Waals surface area contributed by atoms with Gasteiger partial charge in [0.15, 0.2) is 6.29 Å². The van der Waals surface area contributed by atoms with Crippen LogP contribution in [-0.2, 0) is 38.8 Å². The van der Waals surface area contributed by atoms with Crippen LogP contribution < -0.4 is 0 Å². The number of aliphatic hydroxyl groups is 1. The fraction of sp³-hybridized carbons (Fsp3) is 0.333. The average molecular weight is 476 g/mol. The Labute approximate surface area is 204 Å². The minimum absolute atomic E-state index is 0.0103. The maximum atomic E-state index is 10.9. The Balaban J connectivity index is 1.57. The number of aliphatic hydroxyl groups excluding tert-OH is 1. The molecule has 1 aliphatic heterocycles. The van der Waals surface area contributed by atoms with E-state index in [4.69, 9.17) is 24.5 Å². The summed E-state index contributed by atoms with van der Waals surface area (Å²) in [6.45, 7) is 0.852. The van der Waals surface area contributed by atoms with Crippen LogP contribution in [0.15, 0.2) is 96.1 Å². The molecule has 0 saturated carbocycles. The summed E-state index contributed by atoms with van der Waals surface area (Å²) in [6.07, 6.45) is -4.13. The summed E-state index contributed by atoms with van der Waals surface area (Å²) in [6, 6.07) is 29.2. The highest BCUT2D eigenvalue weighted by molar-refractivity contribution is 5.15. The van der Waals surface area contributed by atoms with Gasteiger partial charge in [-0.15, -0.1) is 0 Å². The monoisotopic (exact) mass is 475 g/mol. The molecule has 1 heterocycles. The zero-order valence-electron chi connectivity index (χ0n) is 19.3. The van der Waals surface area contributed by atoms with Crippen LogP contribution in [0.1, 0.15) is 16.7 Å². The highest BCUT2D eigenvalue weighted by Gasteiger charge is 2.47. The Bertz CT molecular complexity index is 1060. The number of rotatable bonds is 11. The second kappa shape index (κ2) is 13.0. The summed E-state index contributed by atoms with van der Waals surface area (Å²) in [7, 11) is 0. The lowest BCUT2D eigenvalue weighted by molar-refractivity contribution is -0.309. The Hall–Kier alpha value is -3.23. The van der Waals surface area contributed by atoms with Gasteiger partial charge >= 0.3 is 0 Å². The van der Waals surface area contributed by atoms with Crippen LogP contribution in [0.2, 0.25) is 0 Å². The molecule has 8 nitrogen and oxygen atoms in total. The van der Waals surface area contributed by atoms with Gasteiger partial charge in [-0.2, -0.15) is 0 Å². The Morgan fingerprint density at radius 3 is 1.57 bits per heavy atom. The number of azide groups is 1. The summed E-state index contributed by atoms with van der Waals surface area (Å²) < 4.78 is 24.6. The van der Waals surface area contributed by atoms with Crippen molar-refractivity contribution in [2.24, 2.45) is 5.11 Å². The molecule has 0 aromatic heterocycles. The number of ether oxygens (including phenoxy) is 4. The molecule has 35 heavy (non-hydrogen) atoms. The van der Waals surface area contributed by atoms with Crippen molar-refractivity contribution in [1.29, 1.82) is 0 Å². The zero-order chi connectivity index (χ0) is 24.3. The largest absolute Gasteiger partial charge is 0.368 e. The van der Waals surface area contributed by atoms with E-state index in [1.54, 1.807) is 0 Å². The molecule has 1 fully saturated rings. The van der Waals surface area contributed by atoms with Crippen molar-refractivity contribution >= 4 is 0 Å². The lowest BCUT2D eigenvalue weighted by Gasteiger charge is -2.44. The van der Waals surface area contributed by atoms with Crippen LogP contribution in [-0.4, -0.2) is 42.4 Å². The Morgan fingerprint density at radius 1 is 0.686 bits per heavy atom. The molecule has 1 aliphatic rings. The van der Waals surface area contributed by atoms with Crippen LogP contribution >= 0.6 is 0 Å². The molecule has 3 aromatic rings. The smallest absolute Gasteiger partial charge is 0.184 e. The molecule has 0 amide bonds. The average Bonchev–Trinajstić information content (AvgIpc) is 2.91. The molecule has 1 saturated heterocycles. The van der Waals surface area contributed by atoms with Gasteiger partial charge in [0.1, 0.15) is 18.3 Å². The van der Waals surface area contributed by atoms with Crippen molar-refractivity contribution < 1.29 is 24.1 Å². The Kier molecular flexibility index (Phi) is 9.25. The van der Waals surface area contributed by atoms with Crippen LogP contribution in [0, 0.1) is 0 Å². The molecular weight excluding hydrogens is 446 g/mol. The van der Waals surface area contributed by atoms with Crippen molar-refractivity contribution in [3.63, 3.8) is 0 Å². The van der Waals surface area contributed by atoms with Crippen LogP contribution in [0.5, 0.6) is 0 Å². The van der Waals surface area contributed by atoms with Gasteiger partial charge in [-0.1, -0.05) is 96.1 Å². The predicted molar refractivity (Wildman–Crippen MR) is 130 cm³/mol. The number of benzene rings is 3. The van der Waals surface area contributed by atoms with Gasteiger partial charge in [0.25, 0.3) is 0 Å². The maximum Gasteiger partial charge on any atom is 0.184 e. The first kappa shape index (κ1) is 24.9. The second-order valence-corrected chi connectivity index (χ2v) is 8.26. The van der Waals surface area contributed by atoms with Crippen molar-refractivity contribution in [3.8, 4) is 0 Å². The van der Waals surface area contributed by atoms with E-state index in [1.165, 1.54) is 0 Å². The first-order valence-corrected chi connectivity index (χ1v) is 11.6. The molecule has 4 rings (SSSR count). The SMILES string of the molecule is [N-]=[N+]=NC[C@H]1OC(O)[C@H](OCc2ccccc2)[C@@H](OCc2ccccc2)[C@@H]1OCc1ccccc1. The fourth-order valence-electron chi connectivity index (χ4n) is 4.03. The minimum Gasteiger partial charge on any atom is -0.368 e. The maximum absolute atomic E-state index is 10.9. The summed E-state index contributed by atoms with van der Waals surface area (Å²) in [4.78, 5) is 2.86. The van der Waals surface area contributed by atoms with Gasteiger partial charge in [0, 0.05) is 4.91 Å². The Morgan fingerprint density at radius 2 is 1.11 bits per heavy atom. The van der Waals surface area contributed by atoms with Crippen molar-refractivity contribution in [2.45, 2.75) is 50.5 Å². The molecule has 182 valence electrons. The lowest BCUT2D eigenvalue weighted by Crippen LogP contribution is -2.60. The third-order valence-electron chi connectivity index (χ3n) is 5.79. The predicted octanol–water partition coefficient (Wildman–Crippen LogP) is 4.77. The molecule has 3 aromatic carbocycles. The highest BCUT2D eigenvalue weighted by Crippen LogP contribution is 2.30. The van der Waals surface area contributed by atoms with Crippen LogP contribution in [0.4, 0.5) is 0 Å². The van der Waals surface area contributed by atoms with Gasteiger partial charge in [-0.05, 0) is 22.2 Å². The standard InChI is InChI=1S/C27H29N3O5/c28-30-29-16-23-24(32-17-20-10-4-1-5-11-20)25(33-18-21-12-6-2-7-13-21)26(27(31)35-23)34-19-22-14-8-3-9-15-22/h1-15,23-27,31H,16-19H2/t23-,24-,25+,26-,27?/m1/s1. The van der Waals surface area contributed by atoms with Crippen molar-refractivity contribution in [2.75, 3.05) is 6.54 Å². The first-order chi connectivity index (χ1) is 17.2. The summed E-state index contributed by atoms with van der Waals surface area (Å²) in [5.41, 5.74) is 11.8. The molecule has 8 heteroatoms. The van der Waals surface area contributed by atoms with E-state index in [0.717, 1.165) is 16.7 Å². The van der Waals surface area contributed by atoms with Crippen molar-refractivity contribution in [3.05, 3.63) is 118 Å². The van der Waals surface area contributed by atoms with Gasteiger partial charge in [-0.3, -0.25) is 0 Å². The number of nitrogens with zero attached hydrogens (tertiary/aromatic N) is 3. The molecule has 0 spiro atoms. The van der Waals surface area contributed by atoms with E-state index in [2.05, 4.69) is 10.0 Å². The number of hydrogen-bond acceptors (Lipinski definition) is 6. The molecule has 1 unspecified atom stereocenters. The summed E-state index contributed by atoms with van der Waals surface area (Å²) >= 11 is 0. The fourth-order valence-corrected chi connectivity index (χ4v) is 4.03. The van der Waals surface area contributed by atoms with E-state index in [0.29, 0.717) is 13.2 Å². The van der Waals surface area contributed by atoms with Crippen LogP contribution in [0.25, 0.3) is 10.4 Å². The van der Waals surface area contributed by atoms with E-state index in [1.807, 2.05) is 91.0 Å². The third kappa shape index (κ3) is 7.13. The van der Waals surface area contributed by atoms with Gasteiger partial charge in [-0.25, -0.2) is 0 Å². The van der Waals surface area contributed by atoms with Crippen LogP contribution in [0.3, 0.4) is 0 Å². The topological polar surface area (TPSA) is 106 Å². The lowest BCUT2D eigenvalue weighted by atomic mass is 9.97. The normalized spacial score (nSPS) is 24.0. The molecule has 5 atom stereocenters. The third-order valence-corrected chi connectivity index (χ3v) is 5.79. The molecular formula is C27H29N3O5. The molecule has 1 N–H and O–H groups in total.